The maximum Gasteiger partial charge on any atom is 0.271 e. The van der Waals surface area contributed by atoms with Gasteiger partial charge >= 0.3 is 0 Å². The van der Waals surface area contributed by atoms with Crippen LogP contribution in [0.4, 0.5) is 0 Å². The van der Waals surface area contributed by atoms with Gasteiger partial charge in [-0.2, -0.15) is 0 Å². The van der Waals surface area contributed by atoms with Gasteiger partial charge < -0.3 is 10.1 Å². The summed E-state index contributed by atoms with van der Waals surface area (Å²) in [6.45, 7) is 2.37. The average molecular weight is 247 g/mol. The van der Waals surface area contributed by atoms with Crippen molar-refractivity contribution in [2.45, 2.75) is 19.5 Å². The number of hydrogen-bond donors (Lipinski definition) is 2. The first kappa shape index (κ1) is 12.7. The molecule has 0 aliphatic heterocycles. The molecule has 5 heteroatoms. The van der Waals surface area contributed by atoms with Crippen LogP contribution in [0.15, 0.2) is 29.1 Å². The number of aromatic amines is 1. The lowest BCUT2D eigenvalue weighted by Gasteiger charge is -2.21. The largest absolute Gasteiger partial charge is 0.395 e. The number of para-hydroxylation sites is 2. The Morgan fingerprint density at radius 2 is 2.17 bits per heavy atom. The summed E-state index contributed by atoms with van der Waals surface area (Å²) >= 11 is 0. The lowest BCUT2D eigenvalue weighted by Crippen LogP contribution is -2.34. The highest BCUT2D eigenvalue weighted by atomic mass is 16.3. The molecule has 0 aliphatic rings. The van der Waals surface area contributed by atoms with E-state index < -0.39 is 0 Å². The Kier molecular flexibility index (Phi) is 3.74. The molecule has 5 nitrogen and oxygen atoms in total. The second-order valence-corrected chi connectivity index (χ2v) is 4.48. The molecule has 2 rings (SSSR count). The average Bonchev–Trinajstić information content (AvgIpc) is 2.38. The zero-order chi connectivity index (χ0) is 13.1. The van der Waals surface area contributed by atoms with Gasteiger partial charge in [0.25, 0.3) is 5.56 Å². The van der Waals surface area contributed by atoms with Crippen molar-refractivity contribution in [1.29, 1.82) is 0 Å². The van der Waals surface area contributed by atoms with Gasteiger partial charge in [0.05, 0.1) is 17.6 Å². The first-order chi connectivity index (χ1) is 8.61. The number of likely N-dealkylation sites (N-methyl/N-ethyl adjacent to an activating group) is 1. The van der Waals surface area contributed by atoms with Gasteiger partial charge in [0, 0.05) is 12.6 Å². The van der Waals surface area contributed by atoms with Gasteiger partial charge in [-0.25, -0.2) is 4.98 Å². The van der Waals surface area contributed by atoms with Crippen molar-refractivity contribution in [3.63, 3.8) is 0 Å². The number of nitrogens with zero attached hydrogens (tertiary/aromatic N) is 2. The third-order valence-corrected chi connectivity index (χ3v) is 3.09. The van der Waals surface area contributed by atoms with Crippen LogP contribution in [-0.4, -0.2) is 39.7 Å². The summed E-state index contributed by atoms with van der Waals surface area (Å²) in [4.78, 5) is 20.9. The number of benzene rings is 1. The SMILES string of the molecule is CC(CO)N(C)Cc1nc2ccccc2[nH]c1=O. The topological polar surface area (TPSA) is 69.2 Å². The van der Waals surface area contributed by atoms with Gasteiger partial charge in [-0.15, -0.1) is 0 Å². The number of hydrogen-bond acceptors (Lipinski definition) is 4. The smallest absolute Gasteiger partial charge is 0.271 e. The summed E-state index contributed by atoms with van der Waals surface area (Å²) in [7, 11) is 1.86. The lowest BCUT2D eigenvalue weighted by molar-refractivity contribution is 0.152. The van der Waals surface area contributed by atoms with E-state index in [-0.39, 0.29) is 18.2 Å². The van der Waals surface area contributed by atoms with E-state index in [1.165, 1.54) is 0 Å². The van der Waals surface area contributed by atoms with Crippen LogP contribution >= 0.6 is 0 Å². The van der Waals surface area contributed by atoms with Gasteiger partial charge in [0.2, 0.25) is 0 Å². The molecular weight excluding hydrogens is 230 g/mol. The molecule has 1 atom stereocenters. The molecule has 0 amide bonds. The van der Waals surface area contributed by atoms with E-state index in [4.69, 9.17) is 5.11 Å². The Morgan fingerprint density at radius 3 is 2.89 bits per heavy atom. The Balaban J connectivity index is 2.33. The van der Waals surface area contributed by atoms with Crippen LogP contribution in [-0.2, 0) is 6.54 Å². The summed E-state index contributed by atoms with van der Waals surface area (Å²) < 4.78 is 0. The summed E-state index contributed by atoms with van der Waals surface area (Å²) in [6, 6.07) is 7.44. The third-order valence-electron chi connectivity index (χ3n) is 3.09. The van der Waals surface area contributed by atoms with Crippen molar-refractivity contribution >= 4 is 11.0 Å². The lowest BCUT2D eigenvalue weighted by atomic mass is 10.2. The van der Waals surface area contributed by atoms with Crippen molar-refractivity contribution in [2.24, 2.45) is 0 Å². The van der Waals surface area contributed by atoms with Crippen molar-refractivity contribution in [2.75, 3.05) is 13.7 Å². The van der Waals surface area contributed by atoms with E-state index in [0.717, 1.165) is 11.0 Å². The van der Waals surface area contributed by atoms with Gasteiger partial charge in [-0.05, 0) is 26.1 Å². The monoisotopic (exact) mass is 247 g/mol. The fraction of sp³-hybridized carbons (Fsp3) is 0.385. The van der Waals surface area contributed by atoms with Crippen LogP contribution < -0.4 is 5.56 Å². The quantitative estimate of drug-likeness (QED) is 0.836. The molecule has 0 bridgehead atoms. The van der Waals surface area contributed by atoms with Crippen molar-refractivity contribution in [3.05, 3.63) is 40.3 Å². The highest BCUT2D eigenvalue weighted by Crippen LogP contribution is 2.07. The molecule has 18 heavy (non-hydrogen) atoms. The van der Waals surface area contributed by atoms with Gasteiger partial charge in [-0.3, -0.25) is 9.69 Å². The minimum Gasteiger partial charge on any atom is -0.395 e. The molecule has 2 aromatic rings. The highest BCUT2D eigenvalue weighted by molar-refractivity contribution is 5.73. The number of aliphatic hydroxyl groups is 1. The normalized spacial score (nSPS) is 13.1. The molecule has 1 aromatic heterocycles. The Labute approximate surface area is 105 Å². The van der Waals surface area contributed by atoms with E-state index in [1.54, 1.807) is 0 Å². The maximum atomic E-state index is 11.9. The molecule has 96 valence electrons. The summed E-state index contributed by atoms with van der Waals surface area (Å²) in [5, 5.41) is 9.08. The Morgan fingerprint density at radius 1 is 1.44 bits per heavy atom. The van der Waals surface area contributed by atoms with Crippen LogP contribution in [0.2, 0.25) is 0 Å². The Hall–Kier alpha value is -1.72. The van der Waals surface area contributed by atoms with Gasteiger partial charge in [0.1, 0.15) is 5.69 Å². The van der Waals surface area contributed by atoms with Crippen LogP contribution in [0.25, 0.3) is 11.0 Å². The molecule has 1 unspecified atom stereocenters. The zero-order valence-electron chi connectivity index (χ0n) is 10.6. The van der Waals surface area contributed by atoms with E-state index in [0.29, 0.717) is 12.2 Å². The van der Waals surface area contributed by atoms with Crippen LogP contribution in [0, 0.1) is 0 Å². The zero-order valence-corrected chi connectivity index (χ0v) is 10.6. The molecule has 1 heterocycles. The second-order valence-electron chi connectivity index (χ2n) is 4.48. The minimum absolute atomic E-state index is 0.00216. The van der Waals surface area contributed by atoms with Crippen molar-refractivity contribution in [3.8, 4) is 0 Å². The minimum atomic E-state index is -0.175. The maximum absolute atomic E-state index is 11.9. The number of rotatable bonds is 4. The highest BCUT2D eigenvalue weighted by Gasteiger charge is 2.12. The molecule has 0 fully saturated rings. The van der Waals surface area contributed by atoms with Gasteiger partial charge in [0.15, 0.2) is 0 Å². The standard InChI is InChI=1S/C13H17N3O2/c1-9(8-17)16(2)7-12-13(18)15-11-6-4-3-5-10(11)14-12/h3-6,9,17H,7-8H2,1-2H3,(H,15,18). The van der Waals surface area contributed by atoms with Crippen molar-refractivity contribution < 1.29 is 5.11 Å². The second kappa shape index (κ2) is 5.29. The first-order valence-corrected chi connectivity index (χ1v) is 5.91. The fourth-order valence-corrected chi connectivity index (χ4v) is 1.71. The third kappa shape index (κ3) is 2.57. The summed E-state index contributed by atoms with van der Waals surface area (Å²) in [5.41, 5.74) is 1.81. The number of fused-ring (bicyclic) bond motifs is 1. The van der Waals surface area contributed by atoms with Crippen molar-refractivity contribution in [1.82, 2.24) is 14.9 Å². The number of aliphatic hydroxyl groups excluding tert-OH is 1. The molecule has 2 N–H and O–H groups in total. The van der Waals surface area contributed by atoms with Crippen LogP contribution in [0.1, 0.15) is 12.6 Å². The van der Waals surface area contributed by atoms with Crippen LogP contribution in [0.5, 0.6) is 0 Å². The fourth-order valence-electron chi connectivity index (χ4n) is 1.71. The van der Waals surface area contributed by atoms with Crippen LogP contribution in [0.3, 0.4) is 0 Å². The molecule has 0 radical (unpaired) electrons. The molecule has 0 saturated heterocycles. The number of nitrogens with one attached hydrogen (secondary N) is 1. The predicted octanol–water partition coefficient (Wildman–Crippen LogP) is 0.736. The molecule has 0 aliphatic carbocycles. The summed E-state index contributed by atoms with van der Waals surface area (Å²) in [5.74, 6) is 0. The molecule has 1 aromatic carbocycles. The number of H-pyrrole nitrogens is 1. The summed E-state index contributed by atoms with van der Waals surface area (Å²) in [6.07, 6.45) is 0. The molecule has 0 saturated carbocycles. The van der Waals surface area contributed by atoms with E-state index in [2.05, 4.69) is 9.97 Å². The van der Waals surface area contributed by atoms with E-state index in [9.17, 15) is 4.79 Å². The molecular formula is C13H17N3O2. The van der Waals surface area contributed by atoms with Gasteiger partial charge in [-0.1, -0.05) is 12.1 Å². The van der Waals surface area contributed by atoms with E-state index >= 15 is 0 Å². The molecule has 0 spiro atoms. The Bertz CT molecular complexity index is 594. The first-order valence-electron chi connectivity index (χ1n) is 5.91. The number of aromatic nitrogens is 2. The predicted molar refractivity (Wildman–Crippen MR) is 70.4 cm³/mol. The van der Waals surface area contributed by atoms with E-state index in [1.807, 2.05) is 43.1 Å².